The van der Waals surface area contributed by atoms with E-state index in [4.69, 9.17) is 15.4 Å². The van der Waals surface area contributed by atoms with Gasteiger partial charge >= 0.3 is 0 Å². The van der Waals surface area contributed by atoms with Crippen LogP contribution in [0.3, 0.4) is 0 Å². The van der Waals surface area contributed by atoms with Gasteiger partial charge in [-0.15, -0.1) is 0 Å². The molecule has 0 N–H and O–H groups in total. The molecule has 0 radical (unpaired) electrons. The van der Waals surface area contributed by atoms with Crippen molar-refractivity contribution < 1.29 is 13.2 Å². The lowest BCUT2D eigenvalue weighted by molar-refractivity contribution is 0.0471. The van der Waals surface area contributed by atoms with Crippen molar-refractivity contribution in [1.82, 2.24) is 0 Å². The molecular weight excluding hydrogens is 364 g/mol. The SMILES string of the molecule is O=S(=O)(Cl)CC1(COCc2ccccc2Br)CCCC1. The maximum atomic E-state index is 11.4. The van der Waals surface area contributed by atoms with Gasteiger partial charge in [0.05, 0.1) is 19.0 Å². The van der Waals surface area contributed by atoms with Crippen LogP contribution in [-0.2, 0) is 20.4 Å². The van der Waals surface area contributed by atoms with Gasteiger partial charge in [0, 0.05) is 20.6 Å². The van der Waals surface area contributed by atoms with Crippen molar-refractivity contribution >= 4 is 35.7 Å². The molecule has 0 aliphatic heterocycles. The third kappa shape index (κ3) is 4.72. The first-order valence-corrected chi connectivity index (χ1v) is 9.91. The van der Waals surface area contributed by atoms with Crippen LogP contribution in [0, 0.1) is 5.41 Å². The summed E-state index contributed by atoms with van der Waals surface area (Å²) in [4.78, 5) is 0. The summed E-state index contributed by atoms with van der Waals surface area (Å²) < 4.78 is 29.5. The molecule has 1 aliphatic carbocycles. The topological polar surface area (TPSA) is 43.4 Å². The summed E-state index contributed by atoms with van der Waals surface area (Å²) in [7, 11) is 1.95. The molecule has 0 amide bonds. The third-order valence-corrected chi connectivity index (χ3v) is 5.82. The summed E-state index contributed by atoms with van der Waals surface area (Å²) in [5, 5.41) is 0. The van der Waals surface area contributed by atoms with E-state index in [9.17, 15) is 8.42 Å². The van der Waals surface area contributed by atoms with Crippen LogP contribution in [0.2, 0.25) is 0 Å². The zero-order valence-corrected chi connectivity index (χ0v) is 14.3. The minimum Gasteiger partial charge on any atom is -0.376 e. The predicted molar refractivity (Wildman–Crippen MR) is 84.3 cm³/mol. The molecule has 6 heteroatoms. The lowest BCUT2D eigenvalue weighted by atomic mass is 9.90. The molecule has 1 saturated carbocycles. The molecule has 0 saturated heterocycles. The standard InChI is InChI=1S/C14H18BrClO3S/c15-13-6-2-1-5-12(13)9-19-10-14(7-3-4-8-14)11-20(16,17)18/h1-2,5-6H,3-4,7-11H2. The third-order valence-electron chi connectivity index (χ3n) is 3.77. The normalized spacial score (nSPS) is 18.3. The molecule has 1 aromatic rings. The molecule has 1 aromatic carbocycles. The van der Waals surface area contributed by atoms with Crippen LogP contribution in [-0.4, -0.2) is 20.8 Å². The van der Waals surface area contributed by atoms with Crippen LogP contribution in [0.25, 0.3) is 0 Å². The van der Waals surface area contributed by atoms with E-state index in [1.807, 2.05) is 24.3 Å². The smallest absolute Gasteiger partial charge is 0.233 e. The Morgan fingerprint density at radius 1 is 1.25 bits per heavy atom. The summed E-state index contributed by atoms with van der Waals surface area (Å²) in [6.07, 6.45) is 3.83. The molecular formula is C14H18BrClO3S. The largest absolute Gasteiger partial charge is 0.376 e. The zero-order chi connectivity index (χ0) is 14.6. The highest BCUT2D eigenvalue weighted by Crippen LogP contribution is 2.40. The fraction of sp³-hybridized carbons (Fsp3) is 0.571. The van der Waals surface area contributed by atoms with Crippen LogP contribution < -0.4 is 0 Å². The van der Waals surface area contributed by atoms with Crippen molar-refractivity contribution in [2.45, 2.75) is 32.3 Å². The lowest BCUT2D eigenvalue weighted by Crippen LogP contribution is -2.30. The molecule has 112 valence electrons. The van der Waals surface area contributed by atoms with Gasteiger partial charge in [0.25, 0.3) is 0 Å². The van der Waals surface area contributed by atoms with Crippen LogP contribution in [0.5, 0.6) is 0 Å². The van der Waals surface area contributed by atoms with Crippen molar-refractivity contribution in [1.29, 1.82) is 0 Å². The van der Waals surface area contributed by atoms with Gasteiger partial charge in [0.1, 0.15) is 0 Å². The van der Waals surface area contributed by atoms with Gasteiger partial charge in [0.15, 0.2) is 0 Å². The molecule has 20 heavy (non-hydrogen) atoms. The summed E-state index contributed by atoms with van der Waals surface area (Å²) >= 11 is 3.48. The first-order valence-electron chi connectivity index (χ1n) is 6.64. The average Bonchev–Trinajstić information content (AvgIpc) is 2.78. The Balaban J connectivity index is 1.95. The van der Waals surface area contributed by atoms with Crippen molar-refractivity contribution in [2.75, 3.05) is 12.4 Å². The van der Waals surface area contributed by atoms with Crippen LogP contribution >= 0.6 is 26.6 Å². The quantitative estimate of drug-likeness (QED) is 0.697. The van der Waals surface area contributed by atoms with Gasteiger partial charge in [-0.2, -0.15) is 0 Å². The molecule has 0 atom stereocenters. The first-order chi connectivity index (χ1) is 9.40. The highest BCUT2D eigenvalue weighted by Gasteiger charge is 2.38. The van der Waals surface area contributed by atoms with Gasteiger partial charge in [-0.1, -0.05) is 47.0 Å². The van der Waals surface area contributed by atoms with Crippen LogP contribution in [0.1, 0.15) is 31.2 Å². The van der Waals surface area contributed by atoms with E-state index in [-0.39, 0.29) is 11.2 Å². The predicted octanol–water partition coefficient (Wildman–Crippen LogP) is 4.09. The van der Waals surface area contributed by atoms with Crippen molar-refractivity contribution in [3.8, 4) is 0 Å². The Labute approximate surface area is 133 Å². The van der Waals surface area contributed by atoms with E-state index >= 15 is 0 Å². The second-order valence-corrected chi connectivity index (χ2v) is 9.11. The maximum absolute atomic E-state index is 11.4. The monoisotopic (exact) mass is 380 g/mol. The number of halogens is 2. The Morgan fingerprint density at radius 2 is 1.90 bits per heavy atom. The molecule has 1 aliphatic rings. The molecule has 0 unspecified atom stereocenters. The number of hydrogen-bond acceptors (Lipinski definition) is 3. The van der Waals surface area contributed by atoms with E-state index in [1.54, 1.807) is 0 Å². The molecule has 0 aromatic heterocycles. The molecule has 0 bridgehead atoms. The van der Waals surface area contributed by atoms with Gasteiger partial charge in [0.2, 0.25) is 9.05 Å². The van der Waals surface area contributed by atoms with E-state index in [0.717, 1.165) is 35.7 Å². The molecule has 1 fully saturated rings. The van der Waals surface area contributed by atoms with Gasteiger partial charge in [-0.05, 0) is 24.5 Å². The Bertz CT molecular complexity index is 553. The Hall–Kier alpha value is -0.100. The second kappa shape index (κ2) is 6.77. The fourth-order valence-corrected chi connectivity index (χ4v) is 5.01. The molecule has 3 nitrogen and oxygen atoms in total. The summed E-state index contributed by atoms with van der Waals surface area (Å²) in [5.41, 5.74) is 0.761. The number of hydrogen-bond donors (Lipinski definition) is 0. The van der Waals surface area contributed by atoms with Crippen molar-refractivity contribution in [2.24, 2.45) is 5.41 Å². The van der Waals surface area contributed by atoms with E-state index in [0.29, 0.717) is 13.2 Å². The highest BCUT2D eigenvalue weighted by atomic mass is 79.9. The number of benzene rings is 1. The van der Waals surface area contributed by atoms with E-state index < -0.39 is 9.05 Å². The van der Waals surface area contributed by atoms with E-state index in [1.165, 1.54) is 0 Å². The Morgan fingerprint density at radius 3 is 2.50 bits per heavy atom. The summed E-state index contributed by atoms with van der Waals surface area (Å²) in [6, 6.07) is 7.86. The maximum Gasteiger partial charge on any atom is 0.233 e. The minimum absolute atomic E-state index is 0.0114. The highest BCUT2D eigenvalue weighted by molar-refractivity contribution is 9.10. The van der Waals surface area contributed by atoms with Crippen molar-refractivity contribution in [3.63, 3.8) is 0 Å². The van der Waals surface area contributed by atoms with Crippen LogP contribution in [0.15, 0.2) is 28.7 Å². The van der Waals surface area contributed by atoms with Crippen molar-refractivity contribution in [3.05, 3.63) is 34.3 Å². The van der Waals surface area contributed by atoms with Gasteiger partial charge in [-0.25, -0.2) is 8.42 Å². The molecule has 2 rings (SSSR count). The number of ether oxygens (including phenoxy) is 1. The fourth-order valence-electron chi connectivity index (χ4n) is 2.81. The summed E-state index contributed by atoms with van der Waals surface area (Å²) in [5.74, 6) is 0.0114. The van der Waals surface area contributed by atoms with Gasteiger partial charge < -0.3 is 4.74 Å². The lowest BCUT2D eigenvalue weighted by Gasteiger charge is -2.27. The Kier molecular flexibility index (Phi) is 5.51. The minimum atomic E-state index is -3.49. The summed E-state index contributed by atoms with van der Waals surface area (Å²) in [6.45, 7) is 0.922. The first kappa shape index (κ1) is 16.3. The molecule has 0 heterocycles. The molecule has 0 spiro atoms. The van der Waals surface area contributed by atoms with Gasteiger partial charge in [-0.3, -0.25) is 0 Å². The average molecular weight is 382 g/mol. The second-order valence-electron chi connectivity index (χ2n) is 5.47. The number of rotatable bonds is 6. The van der Waals surface area contributed by atoms with E-state index in [2.05, 4.69) is 15.9 Å². The zero-order valence-electron chi connectivity index (χ0n) is 11.1. The van der Waals surface area contributed by atoms with Crippen LogP contribution in [0.4, 0.5) is 0 Å².